The number of rotatable bonds is 4. The molecule has 0 aromatic carbocycles. The van der Waals surface area contributed by atoms with Crippen molar-refractivity contribution in [1.29, 1.82) is 0 Å². The van der Waals surface area contributed by atoms with Crippen LogP contribution in [-0.4, -0.2) is 42.7 Å². The highest BCUT2D eigenvalue weighted by Gasteiger charge is 2.25. The van der Waals surface area contributed by atoms with E-state index in [1.807, 2.05) is 0 Å². The summed E-state index contributed by atoms with van der Waals surface area (Å²) in [7, 11) is 0. The molecule has 0 spiro atoms. The second-order valence-corrected chi connectivity index (χ2v) is 5.09. The zero-order valence-corrected chi connectivity index (χ0v) is 9.84. The summed E-state index contributed by atoms with van der Waals surface area (Å²) in [5.74, 6) is 0. The van der Waals surface area contributed by atoms with Gasteiger partial charge in [0.2, 0.25) is 0 Å². The van der Waals surface area contributed by atoms with Crippen LogP contribution in [0.5, 0.6) is 0 Å². The summed E-state index contributed by atoms with van der Waals surface area (Å²) in [5, 5.41) is 3.51. The first-order chi connectivity index (χ1) is 6.53. The highest BCUT2D eigenvalue weighted by atomic mass is 15.2. The Balaban J connectivity index is 2.30. The maximum Gasteiger partial charge on any atom is 0.0252 e. The second kappa shape index (κ2) is 5.10. The fourth-order valence-corrected chi connectivity index (χ4v) is 2.20. The maximum absolute atomic E-state index is 6.04. The van der Waals surface area contributed by atoms with Crippen LogP contribution in [0.1, 0.15) is 33.6 Å². The lowest BCUT2D eigenvalue weighted by Crippen LogP contribution is -2.58. The van der Waals surface area contributed by atoms with Crippen molar-refractivity contribution in [2.45, 2.75) is 45.2 Å². The molecule has 3 nitrogen and oxygen atoms in total. The average Bonchev–Trinajstić information content (AvgIpc) is 2.02. The van der Waals surface area contributed by atoms with Crippen LogP contribution in [0.2, 0.25) is 0 Å². The van der Waals surface area contributed by atoms with Gasteiger partial charge in [0.05, 0.1) is 0 Å². The van der Waals surface area contributed by atoms with Gasteiger partial charge in [0.1, 0.15) is 0 Å². The summed E-state index contributed by atoms with van der Waals surface area (Å²) in [6.45, 7) is 11.1. The third kappa shape index (κ3) is 3.95. The van der Waals surface area contributed by atoms with Gasteiger partial charge in [-0.2, -0.15) is 0 Å². The molecule has 0 bridgehead atoms. The highest BCUT2D eigenvalue weighted by molar-refractivity contribution is 4.87. The molecule has 1 heterocycles. The Morgan fingerprint density at radius 3 is 2.79 bits per heavy atom. The Morgan fingerprint density at radius 2 is 2.21 bits per heavy atom. The second-order valence-electron chi connectivity index (χ2n) is 5.09. The number of hydrogen-bond donors (Lipinski definition) is 2. The Labute approximate surface area is 88.0 Å². The summed E-state index contributed by atoms with van der Waals surface area (Å²) >= 11 is 0. The Bertz CT molecular complexity index is 168. The molecule has 1 saturated heterocycles. The van der Waals surface area contributed by atoms with Gasteiger partial charge in [0, 0.05) is 37.8 Å². The van der Waals surface area contributed by atoms with Crippen LogP contribution in [0.4, 0.5) is 0 Å². The largest absolute Gasteiger partial charge is 0.327 e. The predicted molar refractivity (Wildman–Crippen MR) is 61.4 cm³/mol. The van der Waals surface area contributed by atoms with Gasteiger partial charge in [0.15, 0.2) is 0 Å². The molecule has 0 radical (unpaired) electrons. The lowest BCUT2D eigenvalue weighted by atomic mass is 10.0. The Kier molecular flexibility index (Phi) is 4.35. The number of nitrogens with zero attached hydrogens (tertiary/aromatic N) is 1. The van der Waals surface area contributed by atoms with E-state index < -0.39 is 0 Å². The van der Waals surface area contributed by atoms with Gasteiger partial charge in [-0.15, -0.1) is 0 Å². The van der Waals surface area contributed by atoms with Gasteiger partial charge in [0.25, 0.3) is 0 Å². The topological polar surface area (TPSA) is 41.3 Å². The van der Waals surface area contributed by atoms with E-state index in [2.05, 4.69) is 31.0 Å². The molecule has 0 aromatic rings. The smallest absolute Gasteiger partial charge is 0.0252 e. The molecule has 1 aliphatic rings. The third-order valence-electron chi connectivity index (χ3n) is 2.80. The molecule has 14 heavy (non-hydrogen) atoms. The molecular formula is C11H25N3. The quantitative estimate of drug-likeness (QED) is 0.703. The van der Waals surface area contributed by atoms with Gasteiger partial charge in [-0.25, -0.2) is 0 Å². The van der Waals surface area contributed by atoms with Crippen molar-refractivity contribution < 1.29 is 0 Å². The molecule has 1 unspecified atom stereocenters. The fraction of sp³-hybridized carbons (Fsp3) is 1.00. The summed E-state index contributed by atoms with van der Waals surface area (Å²) in [4.78, 5) is 2.48. The summed E-state index contributed by atoms with van der Waals surface area (Å²) in [6, 6.07) is 0.355. The van der Waals surface area contributed by atoms with E-state index in [1.54, 1.807) is 0 Å². The molecule has 0 amide bonds. The number of piperazine rings is 1. The van der Waals surface area contributed by atoms with Crippen LogP contribution in [0, 0.1) is 0 Å². The zero-order chi connectivity index (χ0) is 10.6. The first kappa shape index (κ1) is 12.0. The van der Waals surface area contributed by atoms with Crippen LogP contribution in [0.25, 0.3) is 0 Å². The molecule has 1 atom stereocenters. The van der Waals surface area contributed by atoms with E-state index in [9.17, 15) is 0 Å². The van der Waals surface area contributed by atoms with Crippen molar-refractivity contribution in [1.82, 2.24) is 10.2 Å². The van der Waals surface area contributed by atoms with Gasteiger partial charge < -0.3 is 11.1 Å². The molecule has 0 saturated carbocycles. The van der Waals surface area contributed by atoms with E-state index in [4.69, 9.17) is 5.73 Å². The number of nitrogens with one attached hydrogen (secondary N) is 1. The average molecular weight is 199 g/mol. The molecule has 3 N–H and O–H groups in total. The number of hydrogen-bond acceptors (Lipinski definition) is 3. The molecule has 0 aliphatic carbocycles. The van der Waals surface area contributed by atoms with Crippen molar-refractivity contribution in [2.75, 3.05) is 26.2 Å². The van der Waals surface area contributed by atoms with Crippen LogP contribution in [-0.2, 0) is 0 Å². The monoisotopic (exact) mass is 199 g/mol. The molecule has 1 aliphatic heterocycles. The van der Waals surface area contributed by atoms with E-state index in [0.29, 0.717) is 6.04 Å². The molecule has 3 heteroatoms. The summed E-state index contributed by atoms with van der Waals surface area (Å²) in [6.07, 6.45) is 2.33. The first-order valence-electron chi connectivity index (χ1n) is 5.76. The molecule has 1 fully saturated rings. The molecular weight excluding hydrogens is 174 g/mol. The minimum Gasteiger partial charge on any atom is -0.327 e. The van der Waals surface area contributed by atoms with Crippen LogP contribution >= 0.6 is 0 Å². The third-order valence-corrected chi connectivity index (χ3v) is 2.80. The van der Waals surface area contributed by atoms with Gasteiger partial charge in [-0.3, -0.25) is 4.90 Å². The molecule has 1 rings (SSSR count). The molecule has 0 aromatic heterocycles. The van der Waals surface area contributed by atoms with Gasteiger partial charge in [-0.1, -0.05) is 13.3 Å². The van der Waals surface area contributed by atoms with Crippen molar-refractivity contribution in [3.05, 3.63) is 0 Å². The number of nitrogens with two attached hydrogens (primary N) is 1. The minimum atomic E-state index is 0.254. The Morgan fingerprint density at radius 1 is 1.50 bits per heavy atom. The van der Waals surface area contributed by atoms with Crippen molar-refractivity contribution >= 4 is 0 Å². The van der Waals surface area contributed by atoms with Crippen LogP contribution in [0.3, 0.4) is 0 Å². The summed E-state index contributed by atoms with van der Waals surface area (Å²) in [5.41, 5.74) is 6.30. The lowest BCUT2D eigenvalue weighted by Gasteiger charge is -2.40. The predicted octanol–water partition coefficient (Wildman–Crippen LogP) is 0.798. The SMILES string of the molecule is CCCC(N)CN1CCNC(C)(C)C1. The van der Waals surface area contributed by atoms with E-state index in [1.165, 1.54) is 6.42 Å². The zero-order valence-electron chi connectivity index (χ0n) is 9.84. The highest BCUT2D eigenvalue weighted by Crippen LogP contribution is 2.10. The minimum absolute atomic E-state index is 0.254. The van der Waals surface area contributed by atoms with Crippen LogP contribution in [0.15, 0.2) is 0 Å². The normalized spacial score (nSPS) is 24.9. The Hall–Kier alpha value is -0.120. The maximum atomic E-state index is 6.04. The first-order valence-corrected chi connectivity index (χ1v) is 5.76. The lowest BCUT2D eigenvalue weighted by molar-refractivity contribution is 0.146. The summed E-state index contributed by atoms with van der Waals surface area (Å²) < 4.78 is 0. The van der Waals surface area contributed by atoms with Crippen molar-refractivity contribution in [2.24, 2.45) is 5.73 Å². The van der Waals surface area contributed by atoms with Crippen LogP contribution < -0.4 is 11.1 Å². The van der Waals surface area contributed by atoms with E-state index in [-0.39, 0.29) is 5.54 Å². The molecule has 84 valence electrons. The van der Waals surface area contributed by atoms with Crippen molar-refractivity contribution in [3.63, 3.8) is 0 Å². The van der Waals surface area contributed by atoms with E-state index in [0.717, 1.165) is 32.6 Å². The fourth-order valence-electron chi connectivity index (χ4n) is 2.20. The van der Waals surface area contributed by atoms with Crippen molar-refractivity contribution in [3.8, 4) is 0 Å². The standard InChI is InChI=1S/C11H25N3/c1-4-5-10(12)8-14-7-6-13-11(2,3)9-14/h10,13H,4-9,12H2,1-3H3. The van der Waals surface area contributed by atoms with Gasteiger partial charge >= 0.3 is 0 Å². The van der Waals surface area contributed by atoms with Gasteiger partial charge in [-0.05, 0) is 20.3 Å². The van der Waals surface area contributed by atoms with E-state index >= 15 is 0 Å².